The first-order chi connectivity index (χ1) is 11.7. The van der Waals surface area contributed by atoms with Gasteiger partial charge < -0.3 is 9.47 Å². The zero-order valence-electron chi connectivity index (χ0n) is 13.5. The average molecular weight is 323 g/mol. The highest BCUT2D eigenvalue weighted by molar-refractivity contribution is 5.89. The van der Waals surface area contributed by atoms with Gasteiger partial charge in [0.15, 0.2) is 0 Å². The van der Waals surface area contributed by atoms with Crippen LogP contribution in [0.3, 0.4) is 0 Å². The number of carbonyl (C=O) groups excluding carboxylic acids is 1. The van der Waals surface area contributed by atoms with Gasteiger partial charge in [0.1, 0.15) is 6.61 Å². The van der Waals surface area contributed by atoms with Crippen molar-refractivity contribution in [3.8, 4) is 17.0 Å². The first-order valence-electron chi connectivity index (χ1n) is 7.41. The number of methoxy groups -OCH3 is 1. The number of rotatable bonds is 5. The van der Waals surface area contributed by atoms with Crippen LogP contribution in [0.1, 0.15) is 15.9 Å². The molecule has 0 aliphatic rings. The largest absolute Gasteiger partial charge is 0.471 e. The Morgan fingerprint density at radius 2 is 1.83 bits per heavy atom. The lowest BCUT2D eigenvalue weighted by Crippen LogP contribution is -2.02. The second kappa shape index (κ2) is 6.95. The quantitative estimate of drug-likeness (QED) is 0.676. The van der Waals surface area contributed by atoms with E-state index in [0.29, 0.717) is 18.1 Å². The van der Waals surface area contributed by atoms with Gasteiger partial charge in [-0.25, -0.2) is 4.79 Å². The first-order valence-corrected chi connectivity index (χ1v) is 7.41. The molecule has 0 amide bonds. The number of aromatic nitrogens is 3. The topological polar surface area (TPSA) is 66.2 Å². The fourth-order valence-corrected chi connectivity index (χ4v) is 2.31. The Hall–Kier alpha value is -3.15. The molecule has 0 aliphatic carbocycles. The van der Waals surface area contributed by atoms with Crippen LogP contribution in [0, 0.1) is 0 Å². The molecule has 0 radical (unpaired) electrons. The maximum Gasteiger partial charge on any atom is 0.337 e. The Kier molecular flexibility index (Phi) is 4.56. The molecule has 0 atom stereocenters. The van der Waals surface area contributed by atoms with Gasteiger partial charge in [0, 0.05) is 25.6 Å². The highest BCUT2D eigenvalue weighted by Gasteiger charge is 2.12. The number of hydrogen-bond donors (Lipinski definition) is 0. The fourth-order valence-electron chi connectivity index (χ4n) is 2.31. The Morgan fingerprint density at radius 3 is 2.50 bits per heavy atom. The average Bonchev–Trinajstić information content (AvgIpc) is 3.01. The molecule has 3 rings (SSSR count). The lowest BCUT2D eigenvalue weighted by Gasteiger charge is -2.06. The van der Waals surface area contributed by atoms with Crippen molar-refractivity contribution < 1.29 is 14.3 Å². The molecule has 0 bridgehead atoms. The third-order valence-corrected chi connectivity index (χ3v) is 3.54. The third-order valence-electron chi connectivity index (χ3n) is 3.54. The standard InChI is InChI=1S/C18H17N3O3/c1-21-11-16(14-7-9-19-10-8-14)17(20-21)24-12-13-3-5-15(6-4-13)18(22)23-2/h3-11H,12H2,1-2H3. The molecule has 0 saturated carbocycles. The molecule has 122 valence electrons. The summed E-state index contributed by atoms with van der Waals surface area (Å²) < 4.78 is 12.3. The molecule has 0 unspecified atom stereocenters. The van der Waals surface area contributed by atoms with E-state index in [1.807, 2.05) is 37.5 Å². The minimum Gasteiger partial charge on any atom is -0.471 e. The lowest BCUT2D eigenvalue weighted by molar-refractivity contribution is 0.0600. The summed E-state index contributed by atoms with van der Waals surface area (Å²) in [6, 6.07) is 10.9. The van der Waals surface area contributed by atoms with Crippen molar-refractivity contribution in [2.75, 3.05) is 7.11 Å². The summed E-state index contributed by atoms with van der Waals surface area (Å²) in [5.74, 6) is 0.202. The molecular formula is C18H17N3O3. The highest BCUT2D eigenvalue weighted by Crippen LogP contribution is 2.28. The second-order valence-corrected chi connectivity index (χ2v) is 5.23. The highest BCUT2D eigenvalue weighted by atomic mass is 16.5. The summed E-state index contributed by atoms with van der Waals surface area (Å²) in [6.45, 7) is 0.358. The number of carbonyl (C=O) groups is 1. The van der Waals surface area contributed by atoms with E-state index in [4.69, 9.17) is 4.74 Å². The van der Waals surface area contributed by atoms with Crippen molar-refractivity contribution in [2.45, 2.75) is 6.61 Å². The molecule has 3 aromatic rings. The zero-order valence-corrected chi connectivity index (χ0v) is 13.5. The normalized spacial score (nSPS) is 10.4. The van der Waals surface area contributed by atoms with Gasteiger partial charge in [0.25, 0.3) is 0 Å². The van der Waals surface area contributed by atoms with E-state index in [-0.39, 0.29) is 5.97 Å². The van der Waals surface area contributed by atoms with E-state index in [1.165, 1.54) is 7.11 Å². The Balaban J connectivity index is 1.74. The molecule has 6 nitrogen and oxygen atoms in total. The molecule has 24 heavy (non-hydrogen) atoms. The van der Waals surface area contributed by atoms with Crippen molar-refractivity contribution in [1.82, 2.24) is 14.8 Å². The van der Waals surface area contributed by atoms with Crippen LogP contribution in [0.15, 0.2) is 55.0 Å². The number of ether oxygens (including phenoxy) is 2. The molecule has 2 heterocycles. The minimum absolute atomic E-state index is 0.354. The van der Waals surface area contributed by atoms with Crippen molar-refractivity contribution in [2.24, 2.45) is 7.05 Å². The SMILES string of the molecule is COC(=O)c1ccc(COc2nn(C)cc2-c2ccncc2)cc1. The van der Waals surface area contributed by atoms with E-state index < -0.39 is 0 Å². The van der Waals surface area contributed by atoms with Crippen molar-refractivity contribution in [1.29, 1.82) is 0 Å². The zero-order chi connectivity index (χ0) is 16.9. The summed E-state index contributed by atoms with van der Waals surface area (Å²) >= 11 is 0. The maximum atomic E-state index is 11.4. The van der Waals surface area contributed by atoms with Crippen LogP contribution in [0.5, 0.6) is 5.88 Å². The summed E-state index contributed by atoms with van der Waals surface area (Å²) in [6.07, 6.45) is 5.38. The van der Waals surface area contributed by atoms with Crippen LogP contribution in [0.2, 0.25) is 0 Å². The van der Waals surface area contributed by atoms with Gasteiger partial charge in [-0.1, -0.05) is 12.1 Å². The van der Waals surface area contributed by atoms with Gasteiger partial charge in [-0.05, 0) is 35.4 Å². The monoisotopic (exact) mass is 323 g/mol. The van der Waals surface area contributed by atoms with Gasteiger partial charge in [0.05, 0.1) is 18.2 Å². The van der Waals surface area contributed by atoms with Crippen LogP contribution in [-0.4, -0.2) is 27.8 Å². The lowest BCUT2D eigenvalue weighted by atomic mass is 10.1. The fraction of sp³-hybridized carbons (Fsp3) is 0.167. The van der Waals surface area contributed by atoms with E-state index in [1.54, 1.807) is 29.2 Å². The van der Waals surface area contributed by atoms with E-state index in [9.17, 15) is 4.79 Å². The van der Waals surface area contributed by atoms with Crippen LogP contribution in [0.4, 0.5) is 0 Å². The Labute approximate surface area is 139 Å². The van der Waals surface area contributed by atoms with Gasteiger partial charge >= 0.3 is 5.97 Å². The van der Waals surface area contributed by atoms with Gasteiger partial charge in [-0.2, -0.15) is 0 Å². The van der Waals surface area contributed by atoms with Gasteiger partial charge in [-0.3, -0.25) is 9.67 Å². The number of hydrogen-bond acceptors (Lipinski definition) is 5. The molecule has 1 aromatic carbocycles. The predicted octanol–water partition coefficient (Wildman–Crippen LogP) is 2.85. The minimum atomic E-state index is -0.354. The van der Waals surface area contributed by atoms with Crippen molar-refractivity contribution in [3.63, 3.8) is 0 Å². The van der Waals surface area contributed by atoms with Gasteiger partial charge in [0.2, 0.25) is 5.88 Å². The van der Waals surface area contributed by atoms with Crippen molar-refractivity contribution in [3.05, 3.63) is 66.1 Å². The smallest absolute Gasteiger partial charge is 0.337 e. The molecular weight excluding hydrogens is 306 g/mol. The molecule has 2 aromatic heterocycles. The van der Waals surface area contributed by atoms with E-state index in [2.05, 4.69) is 14.8 Å². The summed E-state index contributed by atoms with van der Waals surface area (Å²) in [5.41, 5.74) is 3.35. The summed E-state index contributed by atoms with van der Waals surface area (Å²) in [4.78, 5) is 15.5. The number of nitrogens with zero attached hydrogens (tertiary/aromatic N) is 3. The van der Waals surface area contributed by atoms with Crippen LogP contribution in [-0.2, 0) is 18.4 Å². The summed E-state index contributed by atoms with van der Waals surface area (Å²) in [5, 5.41) is 4.36. The second-order valence-electron chi connectivity index (χ2n) is 5.23. The third kappa shape index (κ3) is 3.43. The summed E-state index contributed by atoms with van der Waals surface area (Å²) in [7, 11) is 3.21. The molecule has 0 fully saturated rings. The van der Waals surface area contributed by atoms with E-state index in [0.717, 1.165) is 16.7 Å². The molecule has 0 aliphatic heterocycles. The van der Waals surface area contributed by atoms with Gasteiger partial charge in [-0.15, -0.1) is 5.10 Å². The van der Waals surface area contributed by atoms with Crippen LogP contribution < -0.4 is 4.74 Å². The van der Waals surface area contributed by atoms with Crippen LogP contribution in [0.25, 0.3) is 11.1 Å². The number of benzene rings is 1. The van der Waals surface area contributed by atoms with E-state index >= 15 is 0 Å². The number of pyridine rings is 1. The Bertz CT molecular complexity index is 826. The Morgan fingerprint density at radius 1 is 1.12 bits per heavy atom. The molecule has 6 heteroatoms. The predicted molar refractivity (Wildman–Crippen MR) is 88.6 cm³/mol. The number of esters is 1. The van der Waals surface area contributed by atoms with Crippen molar-refractivity contribution >= 4 is 5.97 Å². The maximum absolute atomic E-state index is 11.4. The van der Waals surface area contributed by atoms with Crippen LogP contribution >= 0.6 is 0 Å². The molecule has 0 spiro atoms. The molecule has 0 N–H and O–H groups in total. The first kappa shape index (κ1) is 15.7. The molecule has 0 saturated heterocycles. The number of aryl methyl sites for hydroxylation is 1.